The van der Waals surface area contributed by atoms with Gasteiger partial charge in [0.25, 0.3) is 5.91 Å². The number of rotatable bonds is 3. The first-order valence-electron chi connectivity index (χ1n) is 10.2. The summed E-state index contributed by atoms with van der Waals surface area (Å²) in [6.45, 7) is 3.96. The van der Waals surface area contributed by atoms with E-state index in [4.69, 9.17) is 9.15 Å². The van der Waals surface area contributed by atoms with Crippen molar-refractivity contribution in [2.24, 2.45) is 0 Å². The van der Waals surface area contributed by atoms with Crippen molar-refractivity contribution in [1.29, 1.82) is 0 Å². The molecule has 0 aliphatic carbocycles. The fraction of sp³-hybridized carbons (Fsp3) is 0.154. The van der Waals surface area contributed by atoms with Gasteiger partial charge >= 0.3 is 0 Å². The van der Waals surface area contributed by atoms with E-state index < -0.39 is 23.2 Å². The number of fused-ring (bicyclic) bond motifs is 2. The van der Waals surface area contributed by atoms with Gasteiger partial charge in [-0.25, -0.2) is 4.39 Å². The lowest BCUT2D eigenvalue weighted by molar-refractivity contribution is 0.0971. The number of hydrogen-bond donors (Lipinski definition) is 0. The number of halogens is 1. The van der Waals surface area contributed by atoms with Gasteiger partial charge in [0.05, 0.1) is 24.1 Å². The number of carbonyl (C=O) groups is 1. The summed E-state index contributed by atoms with van der Waals surface area (Å²) in [6.07, 6.45) is 0. The Balaban J connectivity index is 1.80. The number of ether oxygens (including phenoxy) is 1. The average Bonchev–Trinajstić information content (AvgIpc) is 3.09. The van der Waals surface area contributed by atoms with Gasteiger partial charge in [-0.3, -0.25) is 14.5 Å². The van der Waals surface area contributed by atoms with Crippen molar-refractivity contribution in [3.05, 3.63) is 105 Å². The minimum atomic E-state index is -0.713. The minimum Gasteiger partial charge on any atom is -0.497 e. The third kappa shape index (κ3) is 2.99. The molecule has 5 nitrogen and oxygen atoms in total. The Hall–Kier alpha value is -3.93. The molecule has 1 atom stereocenters. The van der Waals surface area contributed by atoms with Gasteiger partial charge in [0.2, 0.25) is 5.76 Å². The highest BCUT2D eigenvalue weighted by molar-refractivity contribution is 6.10. The van der Waals surface area contributed by atoms with E-state index in [-0.39, 0.29) is 22.3 Å². The Morgan fingerprint density at radius 2 is 1.69 bits per heavy atom. The third-order valence-corrected chi connectivity index (χ3v) is 6.03. The highest BCUT2D eigenvalue weighted by Crippen LogP contribution is 2.42. The van der Waals surface area contributed by atoms with E-state index in [2.05, 4.69) is 0 Å². The monoisotopic (exact) mass is 429 g/mol. The number of methoxy groups -OCH3 is 1. The van der Waals surface area contributed by atoms with Crippen molar-refractivity contribution in [1.82, 2.24) is 0 Å². The number of hydrogen-bond acceptors (Lipinski definition) is 4. The van der Waals surface area contributed by atoms with Crippen LogP contribution < -0.4 is 15.1 Å². The summed E-state index contributed by atoms with van der Waals surface area (Å²) in [6, 6.07) is 15.9. The van der Waals surface area contributed by atoms with Gasteiger partial charge in [-0.1, -0.05) is 18.2 Å². The normalized spacial score (nSPS) is 15.3. The highest BCUT2D eigenvalue weighted by Gasteiger charge is 2.43. The zero-order chi connectivity index (χ0) is 22.6. The molecule has 1 aromatic heterocycles. The molecule has 0 spiro atoms. The Kier molecular flexibility index (Phi) is 4.59. The fourth-order valence-electron chi connectivity index (χ4n) is 4.19. The number of nitrogens with zero attached hydrogens (tertiary/aromatic N) is 1. The minimum absolute atomic E-state index is 0.0202. The van der Waals surface area contributed by atoms with Crippen LogP contribution in [-0.4, -0.2) is 13.0 Å². The number of anilines is 1. The predicted molar refractivity (Wildman–Crippen MR) is 120 cm³/mol. The Bertz CT molecular complexity index is 1440. The van der Waals surface area contributed by atoms with Crippen LogP contribution in [0.25, 0.3) is 11.0 Å². The first-order chi connectivity index (χ1) is 15.4. The molecule has 0 fully saturated rings. The lowest BCUT2D eigenvalue weighted by Crippen LogP contribution is -2.29. The van der Waals surface area contributed by atoms with Crippen molar-refractivity contribution in [2.45, 2.75) is 19.9 Å². The van der Waals surface area contributed by atoms with E-state index in [9.17, 15) is 14.0 Å². The molecule has 0 saturated heterocycles. The van der Waals surface area contributed by atoms with E-state index in [0.717, 1.165) is 22.8 Å². The van der Waals surface area contributed by atoms with E-state index in [0.29, 0.717) is 11.4 Å². The lowest BCUT2D eigenvalue weighted by atomic mass is 9.97. The molecule has 160 valence electrons. The predicted octanol–water partition coefficient (Wildman–Crippen LogP) is 5.31. The van der Waals surface area contributed by atoms with Crippen LogP contribution >= 0.6 is 0 Å². The molecule has 6 heteroatoms. The molecule has 0 saturated carbocycles. The van der Waals surface area contributed by atoms with Crippen LogP contribution in [0.1, 0.15) is 38.9 Å². The SMILES string of the molecule is COc1ccc(C2c3c(oc4ccc(F)cc4c3=O)C(=O)N2c2ccc(C)c(C)c2)cc1. The van der Waals surface area contributed by atoms with Crippen LogP contribution in [0.2, 0.25) is 0 Å². The standard InChI is InChI=1S/C26H20FNO4/c1-14-4-8-18(12-15(14)2)28-23(16-5-9-19(31-3)10-6-16)22-24(29)20-13-17(27)7-11-21(20)32-25(22)26(28)30/h4-13,23H,1-3H3. The largest absolute Gasteiger partial charge is 0.497 e. The molecule has 1 aliphatic heterocycles. The van der Waals surface area contributed by atoms with Crippen LogP contribution in [0.5, 0.6) is 5.75 Å². The van der Waals surface area contributed by atoms with Gasteiger partial charge in [-0.15, -0.1) is 0 Å². The summed E-state index contributed by atoms with van der Waals surface area (Å²) in [7, 11) is 1.57. The van der Waals surface area contributed by atoms with Gasteiger partial charge in [0, 0.05) is 5.69 Å². The first-order valence-corrected chi connectivity index (χ1v) is 10.2. The van der Waals surface area contributed by atoms with Gasteiger partial charge in [-0.05, 0) is 73.0 Å². The topological polar surface area (TPSA) is 59.8 Å². The maximum absolute atomic E-state index is 13.9. The Morgan fingerprint density at radius 3 is 2.38 bits per heavy atom. The number of amides is 1. The van der Waals surface area contributed by atoms with Crippen molar-refractivity contribution in [3.8, 4) is 5.75 Å². The van der Waals surface area contributed by atoms with Crippen LogP contribution in [-0.2, 0) is 0 Å². The van der Waals surface area contributed by atoms with Crippen molar-refractivity contribution >= 4 is 22.6 Å². The van der Waals surface area contributed by atoms with Gasteiger partial charge in [0.15, 0.2) is 5.43 Å². The molecule has 3 aromatic carbocycles. The fourth-order valence-corrected chi connectivity index (χ4v) is 4.19. The van der Waals surface area contributed by atoms with Crippen LogP contribution in [0.4, 0.5) is 10.1 Å². The quantitative estimate of drug-likeness (QED) is 0.443. The maximum atomic E-state index is 13.9. The lowest BCUT2D eigenvalue weighted by Gasteiger charge is -2.26. The van der Waals surface area contributed by atoms with Gasteiger partial charge < -0.3 is 9.15 Å². The summed E-state index contributed by atoms with van der Waals surface area (Å²) in [5.74, 6) is -0.315. The zero-order valence-corrected chi connectivity index (χ0v) is 17.8. The summed E-state index contributed by atoms with van der Waals surface area (Å²) < 4.78 is 25.0. The molecular weight excluding hydrogens is 409 g/mol. The second-order valence-corrected chi connectivity index (χ2v) is 7.93. The summed E-state index contributed by atoms with van der Waals surface area (Å²) in [5, 5.41) is 0.108. The van der Waals surface area contributed by atoms with Crippen LogP contribution in [0, 0.1) is 19.7 Å². The van der Waals surface area contributed by atoms with E-state index in [1.54, 1.807) is 24.1 Å². The molecule has 1 aliphatic rings. The molecule has 4 aromatic rings. The summed E-state index contributed by atoms with van der Waals surface area (Å²) in [5.41, 5.74) is 3.45. The zero-order valence-electron chi connectivity index (χ0n) is 17.8. The van der Waals surface area contributed by atoms with E-state index >= 15 is 0 Å². The number of carbonyl (C=O) groups excluding carboxylic acids is 1. The third-order valence-electron chi connectivity index (χ3n) is 6.03. The van der Waals surface area contributed by atoms with Gasteiger partial charge in [-0.2, -0.15) is 0 Å². The molecule has 1 unspecified atom stereocenters. The van der Waals surface area contributed by atoms with E-state index in [1.165, 1.54) is 12.1 Å². The molecule has 1 amide bonds. The van der Waals surface area contributed by atoms with E-state index in [1.807, 2.05) is 44.2 Å². The second-order valence-electron chi connectivity index (χ2n) is 7.93. The average molecular weight is 429 g/mol. The van der Waals surface area contributed by atoms with Crippen LogP contribution in [0.3, 0.4) is 0 Å². The number of aryl methyl sites for hydroxylation is 2. The second kappa shape index (κ2) is 7.34. The molecule has 0 radical (unpaired) electrons. The smallest absolute Gasteiger partial charge is 0.295 e. The molecule has 32 heavy (non-hydrogen) atoms. The Labute approximate surface area is 183 Å². The Morgan fingerprint density at radius 1 is 0.938 bits per heavy atom. The molecular formula is C26H20FNO4. The molecule has 5 rings (SSSR count). The van der Waals surface area contributed by atoms with Gasteiger partial charge in [0.1, 0.15) is 17.1 Å². The first kappa shape index (κ1) is 20.0. The van der Waals surface area contributed by atoms with Crippen molar-refractivity contribution in [3.63, 3.8) is 0 Å². The molecule has 2 heterocycles. The molecule has 0 bridgehead atoms. The van der Waals surface area contributed by atoms with Crippen LogP contribution in [0.15, 0.2) is 69.9 Å². The van der Waals surface area contributed by atoms with Crippen molar-refractivity contribution < 1.29 is 18.3 Å². The highest BCUT2D eigenvalue weighted by atomic mass is 19.1. The molecule has 0 N–H and O–H groups in total. The number of benzene rings is 3. The van der Waals surface area contributed by atoms with Crippen molar-refractivity contribution in [2.75, 3.05) is 12.0 Å². The summed E-state index contributed by atoms with van der Waals surface area (Å²) in [4.78, 5) is 28.6. The maximum Gasteiger partial charge on any atom is 0.295 e. The summed E-state index contributed by atoms with van der Waals surface area (Å²) >= 11 is 0.